The summed E-state index contributed by atoms with van der Waals surface area (Å²) in [4.78, 5) is 4.75. The van der Waals surface area contributed by atoms with Gasteiger partial charge in [0.1, 0.15) is 6.61 Å². The number of hydrogen-bond donors (Lipinski definition) is 1. The zero-order valence-corrected chi connectivity index (χ0v) is 23.0. The van der Waals surface area contributed by atoms with E-state index in [0.717, 1.165) is 33.5 Å². The largest absolute Gasteiger partial charge is 0.490 e. The Balaban J connectivity index is 1.67. The highest BCUT2D eigenvalue weighted by molar-refractivity contribution is 9.10. The van der Waals surface area contributed by atoms with Crippen molar-refractivity contribution in [1.82, 2.24) is 15.2 Å². The Morgan fingerprint density at radius 1 is 1.14 bits per heavy atom. The lowest BCUT2D eigenvalue weighted by Gasteiger charge is -2.22. The molecule has 3 aromatic rings. The number of hydrogen-bond acceptors (Lipinski definition) is 8. The molecule has 0 unspecified atom stereocenters. The fraction of sp³-hybridized carbons (Fsp3) is 0.370. The first-order valence-electron chi connectivity index (χ1n) is 12.2. The Bertz CT molecular complexity index is 1190. The number of rotatable bonds is 12. The van der Waals surface area contributed by atoms with Crippen molar-refractivity contribution in [2.45, 2.75) is 50.9 Å². The molecule has 0 bridgehead atoms. The molecule has 0 amide bonds. The third kappa shape index (κ3) is 6.31. The van der Waals surface area contributed by atoms with E-state index in [-0.39, 0.29) is 0 Å². The molecule has 2 aromatic carbocycles. The number of halogens is 1. The molecule has 1 aliphatic heterocycles. The summed E-state index contributed by atoms with van der Waals surface area (Å²) in [5.74, 6) is 2.65. The van der Waals surface area contributed by atoms with Crippen LogP contribution in [0.3, 0.4) is 0 Å². The molecule has 1 aromatic heterocycles. The molecule has 1 aliphatic rings. The van der Waals surface area contributed by atoms with E-state index in [1.807, 2.05) is 43.3 Å². The van der Waals surface area contributed by atoms with Crippen molar-refractivity contribution in [3.05, 3.63) is 59.1 Å². The second-order valence-corrected chi connectivity index (χ2v) is 10.1. The number of thioether (sulfide) groups is 1. The lowest BCUT2D eigenvalue weighted by Crippen LogP contribution is -2.17. The van der Waals surface area contributed by atoms with Gasteiger partial charge in [-0.15, -0.1) is 10.2 Å². The number of benzene rings is 2. The fourth-order valence-corrected chi connectivity index (χ4v) is 5.19. The maximum Gasteiger partial charge on any atom is 0.247 e. The fourth-order valence-electron chi connectivity index (χ4n) is 3.84. The van der Waals surface area contributed by atoms with Crippen LogP contribution in [0.5, 0.6) is 17.4 Å². The molecular formula is C27H31BrN4O3S. The Hall–Kier alpha value is -2.78. The Morgan fingerprint density at radius 2 is 2.00 bits per heavy atom. The number of unbranched alkanes of at least 4 members (excludes halogenated alkanes) is 3. The van der Waals surface area contributed by atoms with Crippen LogP contribution in [-0.4, -0.2) is 34.1 Å². The normalized spacial score (nSPS) is 14.0. The average Bonchev–Trinajstić information content (AvgIpc) is 3.05. The molecule has 36 heavy (non-hydrogen) atoms. The van der Waals surface area contributed by atoms with Crippen LogP contribution in [0.2, 0.25) is 0 Å². The van der Waals surface area contributed by atoms with Crippen LogP contribution in [0, 0.1) is 0 Å². The molecule has 1 atom stereocenters. The van der Waals surface area contributed by atoms with Gasteiger partial charge >= 0.3 is 0 Å². The van der Waals surface area contributed by atoms with E-state index in [9.17, 15) is 0 Å². The van der Waals surface area contributed by atoms with Crippen molar-refractivity contribution >= 4 is 33.4 Å². The molecule has 0 spiro atoms. The summed E-state index contributed by atoms with van der Waals surface area (Å²) in [6.45, 7) is 8.76. The van der Waals surface area contributed by atoms with Gasteiger partial charge in [-0.2, -0.15) is 4.98 Å². The third-order valence-corrected chi connectivity index (χ3v) is 7.06. The van der Waals surface area contributed by atoms with Crippen molar-refractivity contribution in [2.75, 3.05) is 24.3 Å². The standard InChI is InChI=1S/C27H31BrN4O3S/c1-4-7-8-11-15-36-27-30-26-23(31-32-27)19-12-9-10-13-21(19)29-25(35-26)18-16-20(28)24(34-14-5-2)22(17-18)33-6-3/h5,9-10,12-13,16-17,25,29H,2,4,6-8,11,14-15H2,1,3H3/t25-/m1/s1. The average molecular weight is 572 g/mol. The zero-order valence-electron chi connectivity index (χ0n) is 20.6. The van der Waals surface area contributed by atoms with E-state index >= 15 is 0 Å². The van der Waals surface area contributed by atoms with E-state index in [2.05, 4.69) is 44.9 Å². The summed E-state index contributed by atoms with van der Waals surface area (Å²) < 4.78 is 18.9. The van der Waals surface area contributed by atoms with Gasteiger partial charge in [-0.3, -0.25) is 0 Å². The minimum absolute atomic E-state index is 0.373. The van der Waals surface area contributed by atoms with Gasteiger partial charge in [0, 0.05) is 22.6 Å². The topological polar surface area (TPSA) is 78.4 Å². The summed E-state index contributed by atoms with van der Waals surface area (Å²) >= 11 is 5.25. The molecule has 2 heterocycles. The van der Waals surface area contributed by atoms with E-state index in [1.54, 1.807) is 17.8 Å². The summed E-state index contributed by atoms with van der Waals surface area (Å²) in [5.41, 5.74) is 3.25. The molecule has 0 saturated carbocycles. The Morgan fingerprint density at radius 3 is 2.81 bits per heavy atom. The van der Waals surface area contributed by atoms with E-state index in [4.69, 9.17) is 19.2 Å². The summed E-state index contributed by atoms with van der Waals surface area (Å²) in [6, 6.07) is 11.8. The maximum absolute atomic E-state index is 6.45. The smallest absolute Gasteiger partial charge is 0.247 e. The lowest BCUT2D eigenvalue weighted by molar-refractivity contribution is 0.223. The van der Waals surface area contributed by atoms with E-state index in [1.165, 1.54) is 19.3 Å². The van der Waals surface area contributed by atoms with E-state index in [0.29, 0.717) is 41.4 Å². The van der Waals surface area contributed by atoms with Gasteiger partial charge in [0.25, 0.3) is 0 Å². The monoisotopic (exact) mass is 570 g/mol. The summed E-state index contributed by atoms with van der Waals surface area (Å²) in [7, 11) is 0. The molecule has 0 radical (unpaired) electrons. The minimum atomic E-state index is -0.532. The highest BCUT2D eigenvalue weighted by Crippen LogP contribution is 2.43. The molecule has 4 rings (SSSR count). The predicted molar refractivity (Wildman–Crippen MR) is 148 cm³/mol. The molecule has 0 saturated heterocycles. The molecule has 9 heteroatoms. The van der Waals surface area contributed by atoms with Gasteiger partial charge < -0.3 is 19.5 Å². The van der Waals surface area contributed by atoms with Gasteiger partial charge in [0.15, 0.2) is 23.4 Å². The number of nitrogens with one attached hydrogen (secondary N) is 1. The predicted octanol–water partition coefficient (Wildman–Crippen LogP) is 7.44. The highest BCUT2D eigenvalue weighted by atomic mass is 79.9. The van der Waals surface area contributed by atoms with E-state index < -0.39 is 6.23 Å². The first-order chi connectivity index (χ1) is 17.6. The molecule has 190 valence electrons. The Labute approximate surface area is 225 Å². The second kappa shape index (κ2) is 13.0. The molecular weight excluding hydrogens is 540 g/mol. The van der Waals surface area contributed by atoms with Crippen LogP contribution in [0.15, 0.2) is 58.7 Å². The SMILES string of the molecule is C=CCOc1c(Br)cc([C@@H]2Nc3ccccc3-c3nnc(SCCCCCC)nc3O2)cc1OCC. The molecule has 0 aliphatic carbocycles. The number of para-hydroxylation sites is 1. The minimum Gasteiger partial charge on any atom is -0.490 e. The van der Waals surface area contributed by atoms with Gasteiger partial charge in [-0.05, 0) is 47.5 Å². The first-order valence-corrected chi connectivity index (χ1v) is 14.0. The number of aromatic nitrogens is 3. The van der Waals surface area contributed by atoms with Crippen LogP contribution in [-0.2, 0) is 0 Å². The van der Waals surface area contributed by atoms with Crippen LogP contribution in [0.1, 0.15) is 51.3 Å². The quantitative estimate of drug-likeness (QED) is 0.137. The molecule has 1 N–H and O–H groups in total. The van der Waals surface area contributed by atoms with Crippen LogP contribution < -0.4 is 19.5 Å². The zero-order chi connectivity index (χ0) is 25.3. The van der Waals surface area contributed by atoms with Crippen molar-refractivity contribution in [1.29, 1.82) is 0 Å². The number of ether oxygens (including phenoxy) is 3. The van der Waals surface area contributed by atoms with Gasteiger partial charge in [-0.1, -0.05) is 68.8 Å². The number of anilines is 1. The van der Waals surface area contributed by atoms with Gasteiger partial charge in [0.05, 0.1) is 11.1 Å². The maximum atomic E-state index is 6.45. The van der Waals surface area contributed by atoms with Crippen molar-refractivity contribution in [3.63, 3.8) is 0 Å². The lowest BCUT2D eigenvalue weighted by atomic mass is 10.1. The van der Waals surface area contributed by atoms with Crippen molar-refractivity contribution < 1.29 is 14.2 Å². The highest BCUT2D eigenvalue weighted by Gasteiger charge is 2.27. The molecule has 7 nitrogen and oxygen atoms in total. The van der Waals surface area contributed by atoms with Crippen molar-refractivity contribution in [3.8, 4) is 28.6 Å². The Kier molecular flexibility index (Phi) is 9.47. The van der Waals surface area contributed by atoms with Gasteiger partial charge in [-0.25, -0.2) is 0 Å². The van der Waals surface area contributed by atoms with Gasteiger partial charge in [0.2, 0.25) is 11.0 Å². The van der Waals surface area contributed by atoms with Crippen molar-refractivity contribution in [2.24, 2.45) is 0 Å². The van der Waals surface area contributed by atoms with Crippen LogP contribution in [0.4, 0.5) is 5.69 Å². The first kappa shape index (κ1) is 26.3. The summed E-state index contributed by atoms with van der Waals surface area (Å²) in [6.07, 6.45) is 5.96. The molecule has 0 fully saturated rings. The number of fused-ring (bicyclic) bond motifs is 3. The van der Waals surface area contributed by atoms with Crippen LogP contribution in [0.25, 0.3) is 11.3 Å². The third-order valence-electron chi connectivity index (χ3n) is 5.54. The van der Waals surface area contributed by atoms with Crippen LogP contribution >= 0.6 is 27.7 Å². The summed E-state index contributed by atoms with van der Waals surface area (Å²) in [5, 5.41) is 13.0. The number of nitrogens with zero attached hydrogens (tertiary/aromatic N) is 3. The second-order valence-electron chi connectivity index (χ2n) is 8.21.